The van der Waals surface area contributed by atoms with Gasteiger partial charge in [0.25, 0.3) is 0 Å². The fourth-order valence-corrected chi connectivity index (χ4v) is 2.47. The highest BCUT2D eigenvalue weighted by atomic mass is 16.5. The van der Waals surface area contributed by atoms with Gasteiger partial charge in [-0.05, 0) is 40.5 Å². The average Bonchev–Trinajstić information content (AvgIpc) is 2.29. The quantitative estimate of drug-likeness (QED) is 0.759. The van der Waals surface area contributed by atoms with Crippen molar-refractivity contribution in [3.63, 3.8) is 0 Å². The van der Waals surface area contributed by atoms with Gasteiger partial charge in [-0.3, -0.25) is 4.79 Å². The van der Waals surface area contributed by atoms with Crippen molar-refractivity contribution in [2.24, 2.45) is 5.73 Å². The maximum atomic E-state index is 11.2. The average molecular weight is 228 g/mol. The smallest absolute Gasteiger partial charge is 0.234 e. The van der Waals surface area contributed by atoms with Crippen molar-refractivity contribution in [3.05, 3.63) is 0 Å². The predicted octanol–water partition coefficient (Wildman–Crippen LogP) is 1.19. The summed E-state index contributed by atoms with van der Waals surface area (Å²) in [4.78, 5) is 11.2. The predicted molar refractivity (Wildman–Crippen MR) is 64.1 cm³/mol. The molecule has 0 spiro atoms. The van der Waals surface area contributed by atoms with Crippen molar-refractivity contribution in [2.75, 3.05) is 0 Å². The van der Waals surface area contributed by atoms with Gasteiger partial charge in [-0.1, -0.05) is 6.92 Å². The Bertz CT molecular complexity index is 274. The van der Waals surface area contributed by atoms with E-state index in [-0.39, 0.29) is 29.2 Å². The van der Waals surface area contributed by atoms with Crippen molar-refractivity contribution in [2.45, 2.75) is 70.7 Å². The van der Waals surface area contributed by atoms with E-state index >= 15 is 0 Å². The third kappa shape index (κ3) is 2.95. The van der Waals surface area contributed by atoms with Gasteiger partial charge in [-0.25, -0.2) is 0 Å². The first-order valence-corrected chi connectivity index (χ1v) is 5.93. The van der Waals surface area contributed by atoms with Gasteiger partial charge in [0.05, 0.1) is 17.2 Å². The molecular formula is C12H24N2O2. The van der Waals surface area contributed by atoms with Gasteiger partial charge in [0.2, 0.25) is 5.91 Å². The minimum atomic E-state index is -0.289. The third-order valence-corrected chi connectivity index (χ3v) is 3.23. The molecule has 1 amide bonds. The Morgan fingerprint density at radius 1 is 1.50 bits per heavy atom. The molecule has 1 aliphatic heterocycles. The Balaban J connectivity index is 2.70. The highest BCUT2D eigenvalue weighted by molar-refractivity contribution is 5.79. The molecule has 1 aliphatic rings. The van der Waals surface area contributed by atoms with Gasteiger partial charge in [0.15, 0.2) is 0 Å². The zero-order valence-corrected chi connectivity index (χ0v) is 11.0. The lowest BCUT2D eigenvalue weighted by Gasteiger charge is -2.29. The van der Waals surface area contributed by atoms with Crippen LogP contribution in [0.2, 0.25) is 0 Å². The van der Waals surface area contributed by atoms with E-state index in [1.165, 1.54) is 0 Å². The van der Waals surface area contributed by atoms with Crippen molar-refractivity contribution in [1.29, 1.82) is 0 Å². The molecule has 2 atom stereocenters. The second-order valence-corrected chi connectivity index (χ2v) is 5.75. The molecule has 1 heterocycles. The summed E-state index contributed by atoms with van der Waals surface area (Å²) in [6.45, 7) is 10.2. The molecule has 16 heavy (non-hydrogen) atoms. The van der Waals surface area contributed by atoms with E-state index in [1.54, 1.807) is 0 Å². The largest absolute Gasteiger partial charge is 0.368 e. The molecule has 0 bridgehead atoms. The van der Waals surface area contributed by atoms with Crippen LogP contribution in [-0.2, 0) is 9.53 Å². The van der Waals surface area contributed by atoms with E-state index in [9.17, 15) is 4.79 Å². The Kier molecular flexibility index (Phi) is 3.65. The lowest BCUT2D eigenvalue weighted by molar-refractivity contribution is -0.120. The van der Waals surface area contributed by atoms with Crippen LogP contribution in [0, 0.1) is 0 Å². The molecule has 0 saturated carbocycles. The summed E-state index contributed by atoms with van der Waals surface area (Å²) in [5.41, 5.74) is 4.94. The Hall–Kier alpha value is -0.610. The number of ether oxygens (including phenoxy) is 1. The molecule has 0 aromatic rings. The number of hydrogen-bond donors (Lipinski definition) is 2. The SMILES string of the molecule is CCC(NC1CC(C)(C)OC1(C)C)C(N)=O. The highest BCUT2D eigenvalue weighted by Crippen LogP contribution is 2.37. The zero-order chi connectivity index (χ0) is 12.6. The standard InChI is InChI=1S/C12H24N2O2/c1-6-8(10(13)15)14-9-7-11(2,3)16-12(9,4)5/h8-9,14H,6-7H2,1-5H3,(H2,13,15). The van der Waals surface area contributed by atoms with Crippen LogP contribution in [0.1, 0.15) is 47.5 Å². The molecule has 0 aromatic heterocycles. The molecule has 1 rings (SSSR count). The van der Waals surface area contributed by atoms with Crippen molar-refractivity contribution in [1.82, 2.24) is 5.32 Å². The molecule has 0 aromatic carbocycles. The van der Waals surface area contributed by atoms with Crippen LogP contribution in [0.5, 0.6) is 0 Å². The summed E-state index contributed by atoms with van der Waals surface area (Å²) in [7, 11) is 0. The Morgan fingerprint density at radius 3 is 2.38 bits per heavy atom. The number of nitrogens with two attached hydrogens (primary N) is 1. The first-order valence-electron chi connectivity index (χ1n) is 5.93. The van der Waals surface area contributed by atoms with Crippen LogP contribution in [0.25, 0.3) is 0 Å². The van der Waals surface area contributed by atoms with Gasteiger partial charge in [-0.2, -0.15) is 0 Å². The van der Waals surface area contributed by atoms with Crippen molar-refractivity contribution in [3.8, 4) is 0 Å². The summed E-state index contributed by atoms with van der Waals surface area (Å²) in [5, 5.41) is 3.31. The van der Waals surface area contributed by atoms with Crippen molar-refractivity contribution < 1.29 is 9.53 Å². The lowest BCUT2D eigenvalue weighted by Crippen LogP contribution is -2.52. The molecular weight excluding hydrogens is 204 g/mol. The lowest BCUT2D eigenvalue weighted by atomic mass is 9.93. The summed E-state index contributed by atoms with van der Waals surface area (Å²) in [6.07, 6.45) is 1.60. The molecule has 0 radical (unpaired) electrons. The normalized spacial score (nSPS) is 28.9. The Labute approximate surface area is 97.9 Å². The number of nitrogens with one attached hydrogen (secondary N) is 1. The fourth-order valence-electron chi connectivity index (χ4n) is 2.47. The monoisotopic (exact) mass is 228 g/mol. The highest BCUT2D eigenvalue weighted by Gasteiger charge is 2.46. The summed E-state index contributed by atoms with van der Waals surface area (Å²) >= 11 is 0. The molecule has 2 unspecified atom stereocenters. The van der Waals surface area contributed by atoms with Crippen LogP contribution in [-0.4, -0.2) is 29.2 Å². The minimum Gasteiger partial charge on any atom is -0.368 e. The minimum absolute atomic E-state index is 0.142. The number of hydrogen-bond acceptors (Lipinski definition) is 3. The Morgan fingerprint density at radius 2 is 2.06 bits per heavy atom. The molecule has 94 valence electrons. The van der Waals surface area contributed by atoms with Gasteiger partial charge in [-0.15, -0.1) is 0 Å². The fraction of sp³-hybridized carbons (Fsp3) is 0.917. The van der Waals surface area contributed by atoms with Crippen molar-refractivity contribution >= 4 is 5.91 Å². The van der Waals surface area contributed by atoms with E-state index in [0.717, 1.165) is 6.42 Å². The molecule has 3 N–H and O–H groups in total. The third-order valence-electron chi connectivity index (χ3n) is 3.23. The second-order valence-electron chi connectivity index (χ2n) is 5.75. The summed E-state index contributed by atoms with van der Waals surface area (Å²) in [5.74, 6) is -0.289. The maximum Gasteiger partial charge on any atom is 0.234 e. The van der Waals surface area contributed by atoms with E-state index in [1.807, 2.05) is 20.8 Å². The van der Waals surface area contributed by atoms with Gasteiger partial charge in [0, 0.05) is 6.04 Å². The van der Waals surface area contributed by atoms with Gasteiger partial charge in [0.1, 0.15) is 0 Å². The topological polar surface area (TPSA) is 64.3 Å². The second kappa shape index (κ2) is 4.34. The number of primary amides is 1. The molecule has 4 heteroatoms. The number of carbonyl (C=O) groups excluding carboxylic acids is 1. The van der Waals surface area contributed by atoms with Crippen LogP contribution in [0.4, 0.5) is 0 Å². The van der Waals surface area contributed by atoms with E-state index in [0.29, 0.717) is 6.42 Å². The molecule has 1 fully saturated rings. The summed E-state index contributed by atoms with van der Waals surface area (Å²) < 4.78 is 5.96. The maximum absolute atomic E-state index is 11.2. The van der Waals surface area contributed by atoms with Crippen LogP contribution in [0.15, 0.2) is 0 Å². The molecule has 1 saturated heterocycles. The van der Waals surface area contributed by atoms with E-state index < -0.39 is 0 Å². The first-order chi connectivity index (χ1) is 7.18. The molecule has 4 nitrogen and oxygen atoms in total. The number of rotatable bonds is 4. The van der Waals surface area contributed by atoms with Crippen LogP contribution < -0.4 is 11.1 Å². The van der Waals surface area contributed by atoms with Crippen LogP contribution >= 0.6 is 0 Å². The van der Waals surface area contributed by atoms with E-state index in [2.05, 4.69) is 19.2 Å². The first kappa shape index (κ1) is 13.5. The van der Waals surface area contributed by atoms with Gasteiger partial charge < -0.3 is 15.8 Å². The molecule has 0 aliphatic carbocycles. The van der Waals surface area contributed by atoms with Crippen LogP contribution in [0.3, 0.4) is 0 Å². The zero-order valence-electron chi connectivity index (χ0n) is 11.0. The number of amides is 1. The summed E-state index contributed by atoms with van der Waals surface area (Å²) in [6, 6.07) is -0.0956. The van der Waals surface area contributed by atoms with Gasteiger partial charge >= 0.3 is 0 Å². The number of carbonyl (C=O) groups is 1. The van der Waals surface area contributed by atoms with E-state index in [4.69, 9.17) is 10.5 Å².